The molecule has 0 aliphatic rings. The predicted octanol–water partition coefficient (Wildman–Crippen LogP) is -0.475. The van der Waals surface area contributed by atoms with Gasteiger partial charge in [0.2, 0.25) is 5.91 Å². The second-order valence-corrected chi connectivity index (χ2v) is 5.15. The maximum atomic E-state index is 12.0. The highest BCUT2D eigenvalue weighted by Crippen LogP contribution is 2.32. The molecule has 1 aromatic heterocycles. The zero-order valence-corrected chi connectivity index (χ0v) is 12.4. The van der Waals surface area contributed by atoms with Crippen LogP contribution in [-0.4, -0.2) is 45.6 Å². The minimum Gasteiger partial charge on any atom is -0.508 e. The van der Waals surface area contributed by atoms with Gasteiger partial charge in [-0.25, -0.2) is 4.79 Å². The first kappa shape index (κ1) is 16.8. The van der Waals surface area contributed by atoms with E-state index in [4.69, 9.17) is 9.52 Å². The van der Waals surface area contributed by atoms with E-state index in [0.29, 0.717) is 5.56 Å². The Morgan fingerprint density at radius 1 is 1.35 bits per heavy atom. The quantitative estimate of drug-likeness (QED) is 0.468. The Labute approximate surface area is 130 Å². The van der Waals surface area contributed by atoms with Crippen LogP contribution in [0.15, 0.2) is 21.3 Å². The number of aryl methyl sites for hydroxylation is 1. The lowest BCUT2D eigenvalue weighted by Crippen LogP contribution is -2.35. The summed E-state index contributed by atoms with van der Waals surface area (Å²) in [6, 6.07) is 2.31. The third-order valence-corrected chi connectivity index (χ3v) is 3.43. The Bertz CT molecular complexity index is 796. The molecule has 1 unspecified atom stereocenters. The minimum atomic E-state index is -1.08. The number of nitrogens with one attached hydrogen (secondary N) is 1. The third-order valence-electron chi connectivity index (χ3n) is 3.43. The largest absolute Gasteiger partial charge is 0.508 e. The maximum Gasteiger partial charge on any atom is 0.340 e. The van der Waals surface area contributed by atoms with E-state index in [1.54, 1.807) is 6.92 Å². The normalized spacial score (nSPS) is 12.3. The standard InChI is InChI=1S/C15H17NO7/c1-7-10(4-13(21)16-5-9(19)6-17)15(22)23-12-3-8(18)2-11(20)14(7)12/h2-3,9,17-20H,4-6H2,1H3,(H,16,21). The zero-order chi connectivity index (χ0) is 17.1. The van der Waals surface area contributed by atoms with Gasteiger partial charge in [-0.2, -0.15) is 0 Å². The molecule has 0 radical (unpaired) electrons. The molecule has 23 heavy (non-hydrogen) atoms. The molecule has 0 aliphatic carbocycles. The van der Waals surface area contributed by atoms with Crippen molar-refractivity contribution in [3.8, 4) is 11.5 Å². The highest BCUT2D eigenvalue weighted by molar-refractivity contribution is 5.89. The van der Waals surface area contributed by atoms with Crippen LogP contribution in [0.1, 0.15) is 11.1 Å². The summed E-state index contributed by atoms with van der Waals surface area (Å²) in [7, 11) is 0. The Balaban J connectivity index is 2.35. The summed E-state index contributed by atoms with van der Waals surface area (Å²) in [5.41, 5.74) is -0.302. The van der Waals surface area contributed by atoms with E-state index in [-0.39, 0.29) is 41.0 Å². The van der Waals surface area contributed by atoms with Gasteiger partial charge < -0.3 is 30.2 Å². The van der Waals surface area contributed by atoms with Crippen molar-refractivity contribution in [2.24, 2.45) is 0 Å². The number of amides is 1. The van der Waals surface area contributed by atoms with Gasteiger partial charge >= 0.3 is 5.63 Å². The molecular formula is C15H17NO7. The van der Waals surface area contributed by atoms with Crippen LogP contribution in [0.2, 0.25) is 0 Å². The van der Waals surface area contributed by atoms with Crippen LogP contribution in [0.3, 0.4) is 0 Å². The predicted molar refractivity (Wildman–Crippen MR) is 80.4 cm³/mol. The monoisotopic (exact) mass is 323 g/mol. The van der Waals surface area contributed by atoms with Crippen molar-refractivity contribution < 1.29 is 29.6 Å². The molecule has 0 saturated heterocycles. The lowest BCUT2D eigenvalue weighted by Gasteiger charge is -2.11. The molecule has 8 nitrogen and oxygen atoms in total. The molecule has 5 N–H and O–H groups in total. The molecule has 0 bridgehead atoms. The Hall–Kier alpha value is -2.58. The maximum absolute atomic E-state index is 12.0. The van der Waals surface area contributed by atoms with E-state index < -0.39 is 24.2 Å². The van der Waals surface area contributed by atoms with E-state index in [1.165, 1.54) is 6.07 Å². The van der Waals surface area contributed by atoms with Crippen LogP contribution in [0.25, 0.3) is 11.0 Å². The fraction of sp³-hybridized carbons (Fsp3) is 0.333. The molecule has 1 heterocycles. The molecule has 0 saturated carbocycles. The van der Waals surface area contributed by atoms with Crippen LogP contribution in [0.5, 0.6) is 11.5 Å². The molecule has 2 aromatic rings. The number of benzene rings is 1. The molecule has 124 valence electrons. The Morgan fingerprint density at radius 2 is 2.04 bits per heavy atom. The first-order valence-electron chi connectivity index (χ1n) is 6.87. The summed E-state index contributed by atoms with van der Waals surface area (Å²) < 4.78 is 5.04. The number of hydrogen-bond donors (Lipinski definition) is 5. The number of aliphatic hydroxyl groups excluding tert-OH is 2. The number of aromatic hydroxyl groups is 2. The summed E-state index contributed by atoms with van der Waals surface area (Å²) >= 11 is 0. The number of phenolic OH excluding ortho intramolecular Hbond substituents is 2. The molecular weight excluding hydrogens is 306 g/mol. The summed E-state index contributed by atoms with van der Waals surface area (Å²) in [6.45, 7) is 0.919. The van der Waals surface area contributed by atoms with Crippen LogP contribution < -0.4 is 10.9 Å². The first-order chi connectivity index (χ1) is 10.8. The van der Waals surface area contributed by atoms with Gasteiger partial charge in [0.05, 0.1) is 30.1 Å². The van der Waals surface area contributed by atoms with Crippen LogP contribution >= 0.6 is 0 Å². The van der Waals surface area contributed by atoms with Gasteiger partial charge in [-0.3, -0.25) is 4.79 Å². The SMILES string of the molecule is Cc1c(CC(=O)NCC(O)CO)c(=O)oc2cc(O)cc(O)c12. The van der Waals surface area contributed by atoms with Crippen LogP contribution in [0, 0.1) is 6.92 Å². The molecule has 8 heteroatoms. The summed E-state index contributed by atoms with van der Waals surface area (Å²) in [5.74, 6) is -1.05. The third kappa shape index (κ3) is 3.61. The highest BCUT2D eigenvalue weighted by atomic mass is 16.4. The van der Waals surface area contributed by atoms with E-state index in [1.807, 2.05) is 0 Å². The Kier molecular flexibility index (Phi) is 4.87. The van der Waals surface area contributed by atoms with Crippen LogP contribution in [0.4, 0.5) is 0 Å². The van der Waals surface area contributed by atoms with Crippen molar-refractivity contribution in [2.75, 3.05) is 13.2 Å². The van der Waals surface area contributed by atoms with Gasteiger partial charge in [0.15, 0.2) is 0 Å². The zero-order valence-electron chi connectivity index (χ0n) is 12.4. The number of carbonyl (C=O) groups is 1. The van der Waals surface area contributed by atoms with Gasteiger partial charge in [0.1, 0.15) is 17.1 Å². The highest BCUT2D eigenvalue weighted by Gasteiger charge is 2.18. The van der Waals surface area contributed by atoms with Crippen molar-refractivity contribution in [1.82, 2.24) is 5.32 Å². The Morgan fingerprint density at radius 3 is 2.70 bits per heavy atom. The second kappa shape index (κ2) is 6.67. The number of phenols is 2. The van der Waals surface area contributed by atoms with Gasteiger partial charge in [-0.15, -0.1) is 0 Å². The summed E-state index contributed by atoms with van der Waals surface area (Å²) in [6.07, 6.45) is -1.39. The molecule has 0 spiro atoms. The van der Waals surface area contributed by atoms with Crippen molar-refractivity contribution in [2.45, 2.75) is 19.4 Å². The molecule has 1 amide bonds. The fourth-order valence-corrected chi connectivity index (χ4v) is 2.23. The molecule has 1 aromatic carbocycles. The van der Waals surface area contributed by atoms with E-state index in [0.717, 1.165) is 6.07 Å². The van der Waals surface area contributed by atoms with E-state index >= 15 is 0 Å². The van der Waals surface area contributed by atoms with Crippen molar-refractivity contribution >= 4 is 16.9 Å². The van der Waals surface area contributed by atoms with Crippen molar-refractivity contribution in [3.05, 3.63) is 33.7 Å². The van der Waals surface area contributed by atoms with Gasteiger partial charge in [-0.05, 0) is 12.5 Å². The van der Waals surface area contributed by atoms with E-state index in [2.05, 4.69) is 5.32 Å². The number of aliphatic hydroxyl groups is 2. The average Bonchev–Trinajstić information content (AvgIpc) is 2.47. The van der Waals surface area contributed by atoms with Gasteiger partial charge in [-0.1, -0.05) is 0 Å². The number of carbonyl (C=O) groups excluding carboxylic acids is 1. The van der Waals surface area contributed by atoms with Gasteiger partial charge in [0.25, 0.3) is 0 Å². The smallest absolute Gasteiger partial charge is 0.340 e. The number of fused-ring (bicyclic) bond motifs is 1. The lowest BCUT2D eigenvalue weighted by atomic mass is 10.0. The fourth-order valence-electron chi connectivity index (χ4n) is 2.23. The summed E-state index contributed by atoms with van der Waals surface area (Å²) in [5, 5.41) is 39.8. The molecule has 1 atom stereocenters. The summed E-state index contributed by atoms with van der Waals surface area (Å²) in [4.78, 5) is 23.8. The molecule has 0 fully saturated rings. The number of rotatable bonds is 5. The minimum absolute atomic E-state index is 0.0184. The molecule has 0 aliphatic heterocycles. The second-order valence-electron chi connectivity index (χ2n) is 5.15. The molecule has 2 rings (SSSR count). The van der Waals surface area contributed by atoms with E-state index in [9.17, 15) is 24.9 Å². The first-order valence-corrected chi connectivity index (χ1v) is 6.87. The van der Waals surface area contributed by atoms with Crippen molar-refractivity contribution in [1.29, 1.82) is 0 Å². The van der Waals surface area contributed by atoms with Gasteiger partial charge in [0, 0.05) is 18.7 Å². The van der Waals surface area contributed by atoms with Crippen LogP contribution in [-0.2, 0) is 11.2 Å². The lowest BCUT2D eigenvalue weighted by molar-refractivity contribution is -0.121. The van der Waals surface area contributed by atoms with Crippen molar-refractivity contribution in [3.63, 3.8) is 0 Å². The average molecular weight is 323 g/mol. The number of hydrogen-bond acceptors (Lipinski definition) is 7. The topological polar surface area (TPSA) is 140 Å².